The van der Waals surface area contributed by atoms with Gasteiger partial charge < -0.3 is 10.2 Å². The van der Waals surface area contributed by atoms with Gasteiger partial charge in [-0.2, -0.15) is 0 Å². The zero-order chi connectivity index (χ0) is 19.3. The monoisotopic (exact) mass is 373 g/mol. The van der Waals surface area contributed by atoms with Crippen LogP contribution in [-0.2, 0) is 6.54 Å². The number of benzene rings is 2. The van der Waals surface area contributed by atoms with Crippen LogP contribution in [0.2, 0.25) is 0 Å². The Labute approximate surface area is 167 Å². The van der Waals surface area contributed by atoms with Crippen molar-refractivity contribution in [1.29, 1.82) is 0 Å². The third-order valence-electron chi connectivity index (χ3n) is 5.47. The van der Waals surface area contributed by atoms with Gasteiger partial charge in [0, 0.05) is 44.5 Å². The minimum absolute atomic E-state index is 0.838. The number of rotatable bonds is 5. The molecular formula is C23H27N5. The van der Waals surface area contributed by atoms with Gasteiger partial charge in [0.15, 0.2) is 0 Å². The molecule has 4 rings (SSSR count). The molecule has 0 radical (unpaired) electrons. The normalized spacial score (nSPS) is 14.9. The Bertz CT molecular complexity index is 917. The smallest absolute Gasteiger partial charge is 0.135 e. The van der Waals surface area contributed by atoms with Crippen LogP contribution >= 0.6 is 0 Å². The molecule has 0 amide bonds. The Balaban J connectivity index is 1.39. The molecule has 3 aromatic rings. The maximum atomic E-state index is 4.51. The van der Waals surface area contributed by atoms with Crippen molar-refractivity contribution < 1.29 is 0 Å². The molecule has 0 spiro atoms. The fourth-order valence-electron chi connectivity index (χ4n) is 3.59. The lowest BCUT2D eigenvalue weighted by atomic mass is 10.1. The number of nitrogens with one attached hydrogen (secondary N) is 1. The van der Waals surface area contributed by atoms with Gasteiger partial charge in [-0.15, -0.1) is 0 Å². The van der Waals surface area contributed by atoms with Crippen molar-refractivity contribution in [2.45, 2.75) is 20.4 Å². The van der Waals surface area contributed by atoms with E-state index in [0.29, 0.717) is 0 Å². The van der Waals surface area contributed by atoms with Gasteiger partial charge in [-0.3, -0.25) is 4.90 Å². The van der Waals surface area contributed by atoms with E-state index < -0.39 is 0 Å². The molecule has 0 unspecified atom stereocenters. The molecule has 1 aliphatic rings. The summed E-state index contributed by atoms with van der Waals surface area (Å²) in [6.07, 6.45) is 1.65. The minimum atomic E-state index is 0.838. The summed E-state index contributed by atoms with van der Waals surface area (Å²) >= 11 is 0. The molecule has 28 heavy (non-hydrogen) atoms. The molecule has 5 heteroatoms. The molecule has 0 saturated carbocycles. The van der Waals surface area contributed by atoms with Gasteiger partial charge in [0.2, 0.25) is 0 Å². The molecule has 1 N–H and O–H groups in total. The van der Waals surface area contributed by atoms with E-state index in [2.05, 4.69) is 93.5 Å². The van der Waals surface area contributed by atoms with E-state index in [0.717, 1.165) is 50.0 Å². The van der Waals surface area contributed by atoms with Crippen LogP contribution in [0, 0.1) is 13.8 Å². The summed E-state index contributed by atoms with van der Waals surface area (Å²) in [5, 5.41) is 3.45. The first kappa shape index (κ1) is 18.4. The van der Waals surface area contributed by atoms with Crippen molar-refractivity contribution in [2.24, 2.45) is 0 Å². The predicted octanol–water partition coefficient (Wildman–Crippen LogP) is 4.16. The third kappa shape index (κ3) is 4.31. The molecule has 2 heterocycles. The lowest BCUT2D eigenvalue weighted by Gasteiger charge is -2.35. The number of aromatic nitrogens is 2. The number of anilines is 3. The maximum absolute atomic E-state index is 4.51. The highest BCUT2D eigenvalue weighted by Crippen LogP contribution is 2.24. The van der Waals surface area contributed by atoms with Crippen LogP contribution < -0.4 is 10.2 Å². The van der Waals surface area contributed by atoms with Crippen molar-refractivity contribution >= 4 is 17.3 Å². The molecule has 1 saturated heterocycles. The largest absolute Gasteiger partial charge is 0.354 e. The molecule has 144 valence electrons. The molecule has 1 aromatic heterocycles. The van der Waals surface area contributed by atoms with Gasteiger partial charge in [-0.05, 0) is 36.6 Å². The summed E-state index contributed by atoms with van der Waals surface area (Å²) in [4.78, 5) is 13.8. The lowest BCUT2D eigenvalue weighted by molar-refractivity contribution is 0.249. The Morgan fingerprint density at radius 1 is 0.893 bits per heavy atom. The van der Waals surface area contributed by atoms with Gasteiger partial charge in [0.25, 0.3) is 0 Å². The Kier molecular flexibility index (Phi) is 5.53. The quantitative estimate of drug-likeness (QED) is 0.727. The average Bonchev–Trinajstić information content (AvgIpc) is 2.73. The lowest BCUT2D eigenvalue weighted by Crippen LogP contribution is -2.46. The minimum Gasteiger partial charge on any atom is -0.354 e. The number of hydrogen-bond acceptors (Lipinski definition) is 5. The van der Waals surface area contributed by atoms with E-state index >= 15 is 0 Å². The Morgan fingerprint density at radius 2 is 1.68 bits per heavy atom. The van der Waals surface area contributed by atoms with Crippen molar-refractivity contribution in [1.82, 2.24) is 14.9 Å². The van der Waals surface area contributed by atoms with Gasteiger partial charge in [-0.25, -0.2) is 9.97 Å². The highest BCUT2D eigenvalue weighted by molar-refractivity contribution is 5.63. The summed E-state index contributed by atoms with van der Waals surface area (Å²) in [5.41, 5.74) is 4.99. The summed E-state index contributed by atoms with van der Waals surface area (Å²) in [6.45, 7) is 9.31. The first-order valence-electron chi connectivity index (χ1n) is 9.85. The topological polar surface area (TPSA) is 44.3 Å². The third-order valence-corrected chi connectivity index (χ3v) is 5.47. The first-order chi connectivity index (χ1) is 13.7. The van der Waals surface area contributed by atoms with Crippen LogP contribution in [0.15, 0.2) is 60.9 Å². The Hall–Kier alpha value is -2.92. The van der Waals surface area contributed by atoms with Crippen molar-refractivity contribution in [3.05, 3.63) is 77.6 Å². The van der Waals surface area contributed by atoms with Gasteiger partial charge in [0.1, 0.15) is 18.0 Å². The van der Waals surface area contributed by atoms with E-state index in [4.69, 9.17) is 0 Å². The van der Waals surface area contributed by atoms with E-state index in [1.54, 1.807) is 6.33 Å². The Morgan fingerprint density at radius 3 is 2.46 bits per heavy atom. The van der Waals surface area contributed by atoms with Crippen molar-refractivity contribution in [3.8, 4) is 0 Å². The zero-order valence-electron chi connectivity index (χ0n) is 16.6. The zero-order valence-corrected chi connectivity index (χ0v) is 16.6. The van der Waals surface area contributed by atoms with Crippen LogP contribution in [0.4, 0.5) is 17.3 Å². The van der Waals surface area contributed by atoms with E-state index in [1.807, 2.05) is 0 Å². The summed E-state index contributed by atoms with van der Waals surface area (Å²) in [7, 11) is 0. The van der Waals surface area contributed by atoms with Crippen molar-refractivity contribution in [2.75, 3.05) is 36.4 Å². The van der Waals surface area contributed by atoms with E-state index in [1.165, 1.54) is 16.7 Å². The molecule has 1 fully saturated rings. The second-order valence-corrected chi connectivity index (χ2v) is 7.38. The van der Waals surface area contributed by atoms with Crippen molar-refractivity contribution in [3.63, 3.8) is 0 Å². The molecule has 5 nitrogen and oxygen atoms in total. The summed E-state index contributed by atoms with van der Waals surface area (Å²) in [6, 6.07) is 19.0. The van der Waals surface area contributed by atoms with Gasteiger partial charge in [-0.1, -0.05) is 42.5 Å². The van der Waals surface area contributed by atoms with Crippen LogP contribution in [0.3, 0.4) is 0 Å². The SMILES string of the molecule is Cc1cccc(Nc2cc(N3CCN(Cc4ccccc4)CC3)ncn2)c1C. The van der Waals surface area contributed by atoms with Crippen LogP contribution in [0.25, 0.3) is 0 Å². The molecule has 1 aliphatic heterocycles. The van der Waals surface area contributed by atoms with Crippen LogP contribution in [-0.4, -0.2) is 41.0 Å². The fraction of sp³-hybridized carbons (Fsp3) is 0.304. The average molecular weight is 374 g/mol. The van der Waals surface area contributed by atoms with Crippen LogP contribution in [0.5, 0.6) is 0 Å². The highest BCUT2D eigenvalue weighted by Gasteiger charge is 2.18. The summed E-state index contributed by atoms with van der Waals surface area (Å²) in [5.74, 6) is 1.83. The summed E-state index contributed by atoms with van der Waals surface area (Å²) < 4.78 is 0. The molecule has 0 aliphatic carbocycles. The number of hydrogen-bond donors (Lipinski definition) is 1. The maximum Gasteiger partial charge on any atom is 0.135 e. The van der Waals surface area contributed by atoms with Gasteiger partial charge >= 0.3 is 0 Å². The van der Waals surface area contributed by atoms with E-state index in [9.17, 15) is 0 Å². The molecule has 0 bridgehead atoms. The fourth-order valence-corrected chi connectivity index (χ4v) is 3.59. The number of piperazine rings is 1. The second-order valence-electron chi connectivity index (χ2n) is 7.38. The molecule has 2 aromatic carbocycles. The highest BCUT2D eigenvalue weighted by atomic mass is 15.3. The van der Waals surface area contributed by atoms with E-state index in [-0.39, 0.29) is 0 Å². The predicted molar refractivity (Wildman–Crippen MR) is 115 cm³/mol. The van der Waals surface area contributed by atoms with Gasteiger partial charge in [0.05, 0.1) is 0 Å². The first-order valence-corrected chi connectivity index (χ1v) is 9.85. The standard InChI is InChI=1S/C23H27N5/c1-18-7-6-10-21(19(18)2)26-22-15-23(25-17-24-22)28-13-11-27(12-14-28)16-20-8-4-3-5-9-20/h3-10,15,17H,11-14,16H2,1-2H3,(H,24,25,26). The second kappa shape index (κ2) is 8.40. The number of aryl methyl sites for hydroxylation is 1. The molecule has 0 atom stereocenters. The number of nitrogens with zero attached hydrogens (tertiary/aromatic N) is 4. The van der Waals surface area contributed by atoms with Crippen LogP contribution in [0.1, 0.15) is 16.7 Å². The molecular weight excluding hydrogens is 346 g/mol.